The summed E-state index contributed by atoms with van der Waals surface area (Å²) < 4.78 is 24.9. The lowest BCUT2D eigenvalue weighted by Crippen LogP contribution is -2.46. The van der Waals surface area contributed by atoms with Crippen molar-refractivity contribution in [2.45, 2.75) is 31.8 Å². The van der Waals surface area contributed by atoms with E-state index in [4.69, 9.17) is 0 Å². The average Bonchev–Trinajstić information content (AvgIpc) is 3.38. The second-order valence-electron chi connectivity index (χ2n) is 7.15. The lowest BCUT2D eigenvalue weighted by molar-refractivity contribution is -0.135. The van der Waals surface area contributed by atoms with E-state index in [0.29, 0.717) is 11.3 Å². The third-order valence-electron chi connectivity index (χ3n) is 4.72. The molecule has 1 aromatic rings. The Hall–Kier alpha value is -2.62. The minimum Gasteiger partial charge on any atom is -0.350 e. The highest BCUT2D eigenvalue weighted by Crippen LogP contribution is 2.42. The predicted molar refractivity (Wildman–Crippen MR) is 98.1 cm³/mol. The first-order valence-electron chi connectivity index (χ1n) is 8.56. The van der Waals surface area contributed by atoms with Gasteiger partial charge in [-0.1, -0.05) is 12.1 Å². The van der Waals surface area contributed by atoms with Crippen molar-refractivity contribution in [1.29, 1.82) is 0 Å². The molecule has 1 saturated heterocycles. The average molecular weight is 394 g/mol. The van der Waals surface area contributed by atoms with Crippen LogP contribution in [-0.2, 0) is 26.2 Å². The first-order chi connectivity index (χ1) is 12.6. The molecule has 1 aliphatic heterocycles. The molecule has 0 spiro atoms. The maximum atomic E-state index is 12.5. The van der Waals surface area contributed by atoms with E-state index in [2.05, 4.69) is 15.4 Å². The van der Waals surface area contributed by atoms with Gasteiger partial charge in [0.1, 0.15) is 12.1 Å². The van der Waals surface area contributed by atoms with Crippen molar-refractivity contribution in [3.05, 3.63) is 29.8 Å². The topological polar surface area (TPSA) is 125 Å². The van der Waals surface area contributed by atoms with E-state index < -0.39 is 27.5 Å². The van der Waals surface area contributed by atoms with Crippen LogP contribution in [0.1, 0.15) is 25.3 Å². The van der Waals surface area contributed by atoms with E-state index in [0.717, 1.165) is 24.0 Å². The maximum Gasteiger partial charge on any atom is 0.325 e. The molecular formula is C17H22N4O5S. The SMILES string of the molecule is CC1(C2CC2)NC(=O)N(CC(=O)NCc2cccc(NS(C)(=O)=O)c2)C1=O. The summed E-state index contributed by atoms with van der Waals surface area (Å²) in [4.78, 5) is 37.7. The molecule has 0 bridgehead atoms. The van der Waals surface area contributed by atoms with Gasteiger partial charge in [-0.25, -0.2) is 13.2 Å². The quantitative estimate of drug-likeness (QED) is 0.577. The van der Waals surface area contributed by atoms with Crippen LogP contribution in [0.3, 0.4) is 0 Å². The van der Waals surface area contributed by atoms with E-state index in [-0.39, 0.29) is 24.9 Å². The molecule has 1 unspecified atom stereocenters. The van der Waals surface area contributed by atoms with Crippen LogP contribution in [0.5, 0.6) is 0 Å². The molecule has 1 aromatic carbocycles. The highest BCUT2D eigenvalue weighted by Gasteiger charge is 2.56. The van der Waals surface area contributed by atoms with Gasteiger partial charge >= 0.3 is 6.03 Å². The number of benzene rings is 1. The number of amides is 4. The number of hydrogen-bond donors (Lipinski definition) is 3. The van der Waals surface area contributed by atoms with Crippen molar-refractivity contribution in [3.63, 3.8) is 0 Å². The molecule has 1 atom stereocenters. The number of carbonyl (C=O) groups is 3. The van der Waals surface area contributed by atoms with Gasteiger partial charge in [-0.15, -0.1) is 0 Å². The van der Waals surface area contributed by atoms with Crippen LogP contribution in [0.15, 0.2) is 24.3 Å². The van der Waals surface area contributed by atoms with Crippen LogP contribution in [0.4, 0.5) is 10.5 Å². The normalized spacial score (nSPS) is 22.5. The fourth-order valence-electron chi connectivity index (χ4n) is 3.16. The first-order valence-corrected chi connectivity index (χ1v) is 10.5. The summed E-state index contributed by atoms with van der Waals surface area (Å²) in [6.45, 7) is 1.49. The number of hydrogen-bond acceptors (Lipinski definition) is 5. The number of urea groups is 1. The van der Waals surface area contributed by atoms with Gasteiger partial charge in [0.15, 0.2) is 0 Å². The zero-order valence-corrected chi connectivity index (χ0v) is 15.9. The van der Waals surface area contributed by atoms with E-state index in [9.17, 15) is 22.8 Å². The molecular weight excluding hydrogens is 372 g/mol. The maximum absolute atomic E-state index is 12.5. The molecule has 1 aliphatic carbocycles. The van der Waals surface area contributed by atoms with E-state index in [1.807, 2.05) is 0 Å². The fourth-order valence-corrected chi connectivity index (χ4v) is 3.71. The molecule has 1 saturated carbocycles. The van der Waals surface area contributed by atoms with Crippen molar-refractivity contribution < 1.29 is 22.8 Å². The van der Waals surface area contributed by atoms with Crippen molar-refractivity contribution in [1.82, 2.24) is 15.5 Å². The van der Waals surface area contributed by atoms with Crippen LogP contribution in [0.25, 0.3) is 0 Å². The number of imide groups is 1. The number of carbonyl (C=O) groups excluding carboxylic acids is 3. The van der Waals surface area contributed by atoms with Crippen molar-refractivity contribution in [2.75, 3.05) is 17.5 Å². The Morgan fingerprint density at radius 1 is 1.33 bits per heavy atom. The summed E-state index contributed by atoms with van der Waals surface area (Å²) in [7, 11) is -3.39. The molecule has 1 heterocycles. The van der Waals surface area contributed by atoms with Crippen LogP contribution >= 0.6 is 0 Å². The monoisotopic (exact) mass is 394 g/mol. The van der Waals surface area contributed by atoms with Gasteiger partial charge in [-0.05, 0) is 43.4 Å². The number of nitrogens with zero attached hydrogens (tertiary/aromatic N) is 1. The Morgan fingerprint density at radius 3 is 2.67 bits per heavy atom. The largest absolute Gasteiger partial charge is 0.350 e. The highest BCUT2D eigenvalue weighted by atomic mass is 32.2. The van der Waals surface area contributed by atoms with E-state index in [1.165, 1.54) is 0 Å². The second kappa shape index (κ2) is 6.84. The zero-order valence-electron chi connectivity index (χ0n) is 15.1. The van der Waals surface area contributed by atoms with Crippen LogP contribution < -0.4 is 15.4 Å². The summed E-state index contributed by atoms with van der Waals surface area (Å²) >= 11 is 0. The number of nitrogens with one attached hydrogen (secondary N) is 3. The molecule has 2 fully saturated rings. The van der Waals surface area contributed by atoms with Crippen LogP contribution in [0.2, 0.25) is 0 Å². The smallest absolute Gasteiger partial charge is 0.325 e. The van der Waals surface area contributed by atoms with Gasteiger partial charge in [0.05, 0.1) is 6.26 Å². The highest BCUT2D eigenvalue weighted by molar-refractivity contribution is 7.92. The van der Waals surface area contributed by atoms with Crippen molar-refractivity contribution in [3.8, 4) is 0 Å². The summed E-state index contributed by atoms with van der Waals surface area (Å²) in [6.07, 6.45) is 2.83. The lowest BCUT2D eigenvalue weighted by atomic mass is 9.96. The van der Waals surface area contributed by atoms with Gasteiger partial charge in [-0.2, -0.15) is 0 Å². The fraction of sp³-hybridized carbons (Fsp3) is 0.471. The van der Waals surface area contributed by atoms with Crippen molar-refractivity contribution in [2.24, 2.45) is 5.92 Å². The summed E-state index contributed by atoms with van der Waals surface area (Å²) in [5.41, 5.74) is 0.152. The third-order valence-corrected chi connectivity index (χ3v) is 5.32. The first kappa shape index (κ1) is 19.2. The van der Waals surface area contributed by atoms with Crippen LogP contribution in [0, 0.1) is 5.92 Å². The Morgan fingerprint density at radius 2 is 2.04 bits per heavy atom. The molecule has 146 valence electrons. The standard InChI is InChI=1S/C17H22N4O5S/c1-17(12-6-7-12)15(23)21(16(24)19-17)10-14(22)18-9-11-4-3-5-13(8-11)20-27(2,25)26/h3-5,8,12,20H,6-7,9-10H2,1-2H3,(H,18,22)(H,19,24). The number of anilines is 1. The number of sulfonamides is 1. The minimum absolute atomic E-state index is 0.132. The molecule has 9 nitrogen and oxygen atoms in total. The number of rotatable bonds is 7. The van der Waals surface area contributed by atoms with Gasteiger partial charge in [0.25, 0.3) is 5.91 Å². The molecule has 0 aromatic heterocycles. The van der Waals surface area contributed by atoms with Gasteiger partial charge in [-0.3, -0.25) is 19.2 Å². The molecule has 0 radical (unpaired) electrons. The Bertz CT molecular complexity index is 896. The second-order valence-corrected chi connectivity index (χ2v) is 8.90. The molecule has 2 aliphatic rings. The van der Waals surface area contributed by atoms with Crippen LogP contribution in [-0.4, -0.2) is 49.5 Å². The van der Waals surface area contributed by atoms with E-state index >= 15 is 0 Å². The molecule has 4 amide bonds. The Labute approximate surface area is 157 Å². The van der Waals surface area contributed by atoms with Gasteiger partial charge < -0.3 is 10.6 Å². The summed E-state index contributed by atoms with van der Waals surface area (Å²) in [5, 5.41) is 5.33. The molecule has 3 N–H and O–H groups in total. The lowest BCUT2D eigenvalue weighted by Gasteiger charge is -2.20. The van der Waals surface area contributed by atoms with Gasteiger partial charge in [0, 0.05) is 12.2 Å². The molecule has 10 heteroatoms. The van der Waals surface area contributed by atoms with Crippen molar-refractivity contribution >= 4 is 33.6 Å². The Balaban J connectivity index is 1.56. The predicted octanol–water partition coefficient (Wildman–Crippen LogP) is 0.395. The van der Waals surface area contributed by atoms with Gasteiger partial charge in [0.2, 0.25) is 15.9 Å². The molecule has 27 heavy (non-hydrogen) atoms. The summed E-state index contributed by atoms with van der Waals surface area (Å²) in [5.74, 6) is -0.711. The third kappa shape index (κ3) is 4.38. The molecule has 3 rings (SSSR count). The minimum atomic E-state index is -3.39. The van der Waals surface area contributed by atoms with E-state index in [1.54, 1.807) is 31.2 Å². The Kier molecular flexibility index (Phi) is 4.85. The zero-order chi connectivity index (χ0) is 19.8. The summed E-state index contributed by atoms with van der Waals surface area (Å²) in [6, 6.07) is 6.03.